The minimum atomic E-state index is -1.02. The molecule has 5 nitrogen and oxygen atoms in total. The van der Waals surface area contributed by atoms with Gasteiger partial charge in [-0.15, -0.1) is 0 Å². The first kappa shape index (κ1) is 22.7. The van der Waals surface area contributed by atoms with Crippen LogP contribution >= 0.6 is 0 Å². The zero-order chi connectivity index (χ0) is 23.3. The predicted molar refractivity (Wildman–Crippen MR) is 123 cm³/mol. The van der Waals surface area contributed by atoms with Gasteiger partial charge in [0.15, 0.2) is 0 Å². The number of rotatable bonds is 6. The van der Waals surface area contributed by atoms with Gasteiger partial charge in [0, 0.05) is 18.0 Å². The molecule has 3 aliphatic carbocycles. The molecule has 1 aliphatic heterocycles. The summed E-state index contributed by atoms with van der Waals surface area (Å²) in [4.78, 5) is 25.9. The number of carboxylic acids is 1. The summed E-state index contributed by atoms with van der Waals surface area (Å²) in [7, 11) is 0. The SMILES string of the molecule is CC1CC2CC(C1)CC(C)(COc1cc(F)c(C(=O)N3CCC[C@H]3C(=O)O)cc1C1CC1)C2. The molecule has 3 atom stereocenters. The first-order valence-corrected chi connectivity index (χ1v) is 12.7. The van der Waals surface area contributed by atoms with Crippen molar-refractivity contribution < 1.29 is 23.8 Å². The van der Waals surface area contributed by atoms with E-state index in [4.69, 9.17) is 4.74 Å². The summed E-state index contributed by atoms with van der Waals surface area (Å²) in [6.45, 7) is 5.61. The van der Waals surface area contributed by atoms with E-state index in [0.717, 1.165) is 49.0 Å². The standard InChI is InChI=1S/C27H36FNO4/c1-16-8-17-10-18(9-16)14-27(2,13-17)15-33-24-12-22(28)21(11-20(24)19-5-6-19)25(30)29-7-3-4-23(29)26(31)32/h11-12,16-19,23H,3-10,13-15H2,1-2H3,(H,31,32)/t16?,17?,18?,23-,27?/m0/s1. The Bertz CT molecular complexity index is 924. The fourth-order valence-electron chi connectivity index (χ4n) is 7.07. The summed E-state index contributed by atoms with van der Waals surface area (Å²) in [5.74, 6) is 1.04. The van der Waals surface area contributed by atoms with Gasteiger partial charge in [-0.3, -0.25) is 4.79 Å². The number of aliphatic carboxylic acids is 1. The van der Waals surface area contributed by atoms with Crippen LogP contribution in [-0.4, -0.2) is 41.1 Å². The molecule has 1 aromatic carbocycles. The van der Waals surface area contributed by atoms with Crippen LogP contribution < -0.4 is 4.74 Å². The Morgan fingerprint density at radius 2 is 1.85 bits per heavy atom. The van der Waals surface area contributed by atoms with Gasteiger partial charge in [0.1, 0.15) is 17.6 Å². The molecular formula is C27H36FNO4. The van der Waals surface area contributed by atoms with Crippen LogP contribution in [0, 0.1) is 29.0 Å². The molecule has 1 saturated heterocycles. The minimum Gasteiger partial charge on any atom is -0.493 e. The van der Waals surface area contributed by atoms with Gasteiger partial charge in [-0.2, -0.15) is 0 Å². The number of carbonyl (C=O) groups is 2. The van der Waals surface area contributed by atoms with Crippen molar-refractivity contribution in [2.45, 2.75) is 83.6 Å². The summed E-state index contributed by atoms with van der Waals surface area (Å²) in [5.41, 5.74) is 0.980. The van der Waals surface area contributed by atoms with E-state index >= 15 is 4.39 Å². The number of hydrogen-bond acceptors (Lipinski definition) is 3. The normalized spacial score (nSPS) is 33.7. The highest BCUT2D eigenvalue weighted by molar-refractivity contribution is 5.97. The molecular weight excluding hydrogens is 421 g/mol. The maximum absolute atomic E-state index is 15.2. The number of amides is 1. The molecule has 4 aliphatic rings. The highest BCUT2D eigenvalue weighted by Gasteiger charge is 2.42. The van der Waals surface area contributed by atoms with Gasteiger partial charge in [-0.1, -0.05) is 13.8 Å². The van der Waals surface area contributed by atoms with Crippen molar-refractivity contribution in [1.29, 1.82) is 0 Å². The van der Waals surface area contributed by atoms with Crippen LogP contribution in [0.25, 0.3) is 0 Å². The van der Waals surface area contributed by atoms with Gasteiger partial charge < -0.3 is 14.7 Å². The van der Waals surface area contributed by atoms with Crippen molar-refractivity contribution >= 4 is 11.9 Å². The number of ether oxygens (including phenoxy) is 1. The van der Waals surface area contributed by atoms with Crippen molar-refractivity contribution in [3.63, 3.8) is 0 Å². The number of halogens is 1. The first-order valence-electron chi connectivity index (χ1n) is 12.7. The third-order valence-corrected chi connectivity index (χ3v) is 8.42. The molecule has 0 radical (unpaired) electrons. The Kier molecular flexibility index (Phi) is 5.90. The number of likely N-dealkylation sites (tertiary alicyclic amines) is 1. The summed E-state index contributed by atoms with van der Waals surface area (Å²) in [6.07, 6.45) is 9.34. The zero-order valence-electron chi connectivity index (χ0n) is 19.8. The molecule has 5 rings (SSSR count). The van der Waals surface area contributed by atoms with Crippen LogP contribution in [0.2, 0.25) is 0 Å². The second-order valence-corrected chi connectivity index (χ2v) is 11.7. The number of fused-ring (bicyclic) bond motifs is 2. The van der Waals surface area contributed by atoms with Gasteiger partial charge in [0.25, 0.3) is 5.91 Å². The average Bonchev–Trinajstić information content (AvgIpc) is 3.45. The summed E-state index contributed by atoms with van der Waals surface area (Å²) in [5, 5.41) is 9.43. The number of nitrogens with zero attached hydrogens (tertiary/aromatic N) is 1. The molecule has 3 saturated carbocycles. The number of hydrogen-bond donors (Lipinski definition) is 1. The van der Waals surface area contributed by atoms with Crippen LogP contribution in [0.5, 0.6) is 5.75 Å². The van der Waals surface area contributed by atoms with E-state index in [1.165, 1.54) is 30.2 Å². The molecule has 1 heterocycles. The van der Waals surface area contributed by atoms with Crippen LogP contribution in [0.3, 0.4) is 0 Å². The van der Waals surface area contributed by atoms with Crippen molar-refractivity contribution in [3.8, 4) is 5.75 Å². The highest BCUT2D eigenvalue weighted by atomic mass is 19.1. The summed E-state index contributed by atoms with van der Waals surface area (Å²) in [6, 6.07) is 2.15. The molecule has 2 bridgehead atoms. The van der Waals surface area contributed by atoms with Gasteiger partial charge in [-0.05, 0) is 93.1 Å². The lowest BCUT2D eigenvalue weighted by molar-refractivity contribution is -0.141. The Morgan fingerprint density at radius 1 is 1.15 bits per heavy atom. The Hall–Kier alpha value is -2.11. The second kappa shape index (κ2) is 8.59. The van der Waals surface area contributed by atoms with E-state index in [9.17, 15) is 14.7 Å². The molecule has 0 spiro atoms. The highest BCUT2D eigenvalue weighted by Crippen LogP contribution is 2.51. The van der Waals surface area contributed by atoms with E-state index < -0.39 is 23.7 Å². The largest absolute Gasteiger partial charge is 0.493 e. The van der Waals surface area contributed by atoms with E-state index in [1.54, 1.807) is 6.07 Å². The molecule has 4 fully saturated rings. The third kappa shape index (κ3) is 4.63. The molecule has 2 unspecified atom stereocenters. The Morgan fingerprint density at radius 3 is 2.48 bits per heavy atom. The average molecular weight is 458 g/mol. The molecule has 1 aromatic rings. The van der Waals surface area contributed by atoms with E-state index in [-0.39, 0.29) is 11.0 Å². The van der Waals surface area contributed by atoms with E-state index in [2.05, 4.69) is 13.8 Å². The number of carbonyl (C=O) groups excluding carboxylic acids is 1. The number of carboxylic acid groups (broad SMARTS) is 1. The van der Waals surface area contributed by atoms with Crippen LogP contribution in [0.4, 0.5) is 4.39 Å². The van der Waals surface area contributed by atoms with E-state index in [0.29, 0.717) is 37.7 Å². The Balaban J connectivity index is 1.34. The van der Waals surface area contributed by atoms with Crippen LogP contribution in [-0.2, 0) is 4.79 Å². The van der Waals surface area contributed by atoms with E-state index in [1.807, 2.05) is 0 Å². The third-order valence-electron chi connectivity index (χ3n) is 8.42. The molecule has 6 heteroatoms. The fraction of sp³-hybridized carbons (Fsp3) is 0.704. The van der Waals surface area contributed by atoms with Gasteiger partial charge in [0.05, 0.1) is 12.2 Å². The van der Waals surface area contributed by atoms with Gasteiger partial charge >= 0.3 is 5.97 Å². The van der Waals surface area contributed by atoms with Crippen LogP contribution in [0.15, 0.2) is 12.1 Å². The zero-order valence-corrected chi connectivity index (χ0v) is 19.8. The van der Waals surface area contributed by atoms with Crippen LogP contribution in [0.1, 0.15) is 93.5 Å². The topological polar surface area (TPSA) is 66.8 Å². The molecule has 0 aromatic heterocycles. The first-order chi connectivity index (χ1) is 15.7. The maximum Gasteiger partial charge on any atom is 0.326 e. The lowest BCUT2D eigenvalue weighted by Crippen LogP contribution is -2.40. The summed E-state index contributed by atoms with van der Waals surface area (Å²) < 4.78 is 21.5. The quantitative estimate of drug-likeness (QED) is 0.602. The van der Waals surface area contributed by atoms with Crippen molar-refractivity contribution in [1.82, 2.24) is 4.90 Å². The second-order valence-electron chi connectivity index (χ2n) is 11.7. The van der Waals surface area contributed by atoms with Gasteiger partial charge in [-0.25, -0.2) is 9.18 Å². The smallest absolute Gasteiger partial charge is 0.326 e. The lowest BCUT2D eigenvalue weighted by atomic mass is 9.60. The Labute approximate surface area is 195 Å². The number of benzene rings is 1. The summed E-state index contributed by atoms with van der Waals surface area (Å²) >= 11 is 0. The van der Waals surface area contributed by atoms with Gasteiger partial charge in [0.2, 0.25) is 0 Å². The molecule has 1 N–H and O–H groups in total. The van der Waals surface area contributed by atoms with Crippen molar-refractivity contribution in [2.75, 3.05) is 13.2 Å². The lowest BCUT2D eigenvalue weighted by Gasteiger charge is -2.47. The molecule has 1 amide bonds. The van der Waals surface area contributed by atoms with Crippen molar-refractivity contribution in [3.05, 3.63) is 29.1 Å². The monoisotopic (exact) mass is 457 g/mol. The molecule has 33 heavy (non-hydrogen) atoms. The maximum atomic E-state index is 15.2. The van der Waals surface area contributed by atoms with Crippen molar-refractivity contribution in [2.24, 2.45) is 23.2 Å². The fourth-order valence-corrected chi connectivity index (χ4v) is 7.07. The minimum absolute atomic E-state index is 0.0233. The molecule has 180 valence electrons. The predicted octanol–water partition coefficient (Wildman–Crippen LogP) is 5.62.